The average molecular weight is 340 g/mol. The molecule has 2 heterocycles. The molecule has 1 aliphatic heterocycles. The summed E-state index contributed by atoms with van der Waals surface area (Å²) in [7, 11) is 0. The number of carbonyl (C=O) groups is 1. The summed E-state index contributed by atoms with van der Waals surface area (Å²) in [6, 6.07) is 10.2. The number of hydrogen-bond acceptors (Lipinski definition) is 3. The second kappa shape index (κ2) is 5.21. The van der Waals surface area contributed by atoms with Gasteiger partial charge in [-0.15, -0.1) is 0 Å². The van der Waals surface area contributed by atoms with E-state index in [1.54, 1.807) is 30.3 Å². The molecule has 0 fully saturated rings. The maximum Gasteiger partial charge on any atom is 0.288 e. The van der Waals surface area contributed by atoms with Crippen LogP contribution in [0.5, 0.6) is 0 Å². The predicted octanol–water partition coefficient (Wildman–Crippen LogP) is 3.90. The third-order valence-corrected chi connectivity index (χ3v) is 4.84. The summed E-state index contributed by atoms with van der Waals surface area (Å²) in [6.07, 6.45) is 0. The Morgan fingerprint density at radius 3 is 2.46 bits per heavy atom. The maximum absolute atomic E-state index is 13.0. The maximum atomic E-state index is 13.0. The molecule has 4 nitrogen and oxygen atoms in total. The Morgan fingerprint density at radius 1 is 1.04 bits per heavy atom. The zero-order chi connectivity index (χ0) is 17.0. The summed E-state index contributed by atoms with van der Waals surface area (Å²) < 4.78 is 5.85. The molecule has 0 radical (unpaired) electrons. The Morgan fingerprint density at radius 2 is 1.75 bits per heavy atom. The molecule has 1 atom stereocenters. The van der Waals surface area contributed by atoms with Gasteiger partial charge in [0, 0.05) is 5.02 Å². The van der Waals surface area contributed by atoms with Crippen molar-refractivity contribution in [2.45, 2.75) is 19.9 Å². The van der Waals surface area contributed by atoms with E-state index in [1.807, 2.05) is 19.9 Å². The van der Waals surface area contributed by atoms with Crippen molar-refractivity contribution in [2.24, 2.45) is 0 Å². The van der Waals surface area contributed by atoms with Crippen LogP contribution in [0.15, 0.2) is 45.6 Å². The summed E-state index contributed by atoms with van der Waals surface area (Å²) in [5.74, 6) is -0.272. The number of hydrogen-bond donors (Lipinski definition) is 1. The Bertz CT molecular complexity index is 1050. The second-order valence-electron chi connectivity index (χ2n) is 6.02. The van der Waals surface area contributed by atoms with Crippen molar-refractivity contribution in [3.63, 3.8) is 0 Å². The van der Waals surface area contributed by atoms with E-state index >= 15 is 0 Å². The molecule has 0 bridgehead atoms. The highest BCUT2D eigenvalue weighted by atomic mass is 35.5. The van der Waals surface area contributed by atoms with E-state index in [1.165, 1.54) is 0 Å². The van der Waals surface area contributed by atoms with Gasteiger partial charge >= 0.3 is 0 Å². The van der Waals surface area contributed by atoms with Gasteiger partial charge in [0.25, 0.3) is 5.91 Å². The van der Waals surface area contributed by atoms with Crippen molar-refractivity contribution in [2.75, 3.05) is 0 Å². The van der Waals surface area contributed by atoms with Gasteiger partial charge in [-0.25, -0.2) is 0 Å². The van der Waals surface area contributed by atoms with Crippen molar-refractivity contribution in [1.82, 2.24) is 5.32 Å². The summed E-state index contributed by atoms with van der Waals surface area (Å²) >= 11 is 5.92. The second-order valence-corrected chi connectivity index (χ2v) is 6.45. The first-order valence-corrected chi connectivity index (χ1v) is 7.98. The summed E-state index contributed by atoms with van der Waals surface area (Å²) in [6.45, 7) is 3.83. The third-order valence-electron chi connectivity index (χ3n) is 4.59. The fraction of sp³-hybridized carbons (Fsp3) is 0.158. The van der Waals surface area contributed by atoms with Gasteiger partial charge < -0.3 is 9.73 Å². The number of aryl methyl sites for hydroxylation is 2. The Hall–Kier alpha value is -2.59. The summed E-state index contributed by atoms with van der Waals surface area (Å²) in [4.78, 5) is 25.3. The lowest BCUT2D eigenvalue weighted by atomic mass is 9.98. The Balaban J connectivity index is 2.01. The highest BCUT2D eigenvalue weighted by molar-refractivity contribution is 6.30. The van der Waals surface area contributed by atoms with Crippen molar-refractivity contribution in [3.8, 4) is 0 Å². The Kier molecular flexibility index (Phi) is 3.25. The van der Waals surface area contributed by atoms with Gasteiger partial charge in [-0.3, -0.25) is 9.59 Å². The normalized spacial score (nSPS) is 16.3. The van der Waals surface area contributed by atoms with Gasteiger partial charge in [0.2, 0.25) is 5.76 Å². The molecular formula is C19H14ClNO3. The molecule has 0 spiro atoms. The number of fused-ring (bicyclic) bond motifs is 2. The monoisotopic (exact) mass is 339 g/mol. The number of benzene rings is 2. The van der Waals surface area contributed by atoms with Crippen molar-refractivity contribution < 1.29 is 9.21 Å². The number of nitrogens with one attached hydrogen (secondary N) is 1. The van der Waals surface area contributed by atoms with Crippen LogP contribution >= 0.6 is 11.6 Å². The zero-order valence-corrected chi connectivity index (χ0v) is 13.9. The van der Waals surface area contributed by atoms with Crippen LogP contribution in [0, 0.1) is 13.8 Å². The number of amides is 1. The highest BCUT2D eigenvalue weighted by Gasteiger charge is 2.36. The van der Waals surface area contributed by atoms with Gasteiger partial charge in [-0.2, -0.15) is 0 Å². The van der Waals surface area contributed by atoms with Gasteiger partial charge in [0.05, 0.1) is 17.0 Å². The van der Waals surface area contributed by atoms with Crippen LogP contribution in [0.3, 0.4) is 0 Å². The van der Waals surface area contributed by atoms with Crippen LogP contribution < -0.4 is 10.7 Å². The number of carbonyl (C=O) groups excluding carboxylic acids is 1. The van der Waals surface area contributed by atoms with Crippen molar-refractivity contribution >= 4 is 28.5 Å². The van der Waals surface area contributed by atoms with Crippen molar-refractivity contribution in [3.05, 3.63) is 79.7 Å². The van der Waals surface area contributed by atoms with Gasteiger partial charge in [0.15, 0.2) is 5.43 Å². The molecule has 120 valence electrons. The SMILES string of the molecule is Cc1ccc2c(=O)c3c(oc2c1C)C(=O)NC3c1ccc(Cl)cc1. The molecule has 3 aromatic rings. The molecule has 2 aromatic carbocycles. The molecule has 5 heteroatoms. The quantitative estimate of drug-likeness (QED) is 0.731. The zero-order valence-electron chi connectivity index (χ0n) is 13.1. The lowest BCUT2D eigenvalue weighted by molar-refractivity contribution is 0.0938. The Labute approximate surface area is 143 Å². The lowest BCUT2D eigenvalue weighted by Gasteiger charge is -2.12. The van der Waals surface area contributed by atoms with Crippen LogP contribution in [0.2, 0.25) is 5.02 Å². The van der Waals surface area contributed by atoms with Crippen LogP contribution in [0.4, 0.5) is 0 Å². The topological polar surface area (TPSA) is 59.3 Å². The molecule has 1 aromatic heterocycles. The largest absolute Gasteiger partial charge is 0.450 e. The lowest BCUT2D eigenvalue weighted by Crippen LogP contribution is -2.21. The highest BCUT2D eigenvalue weighted by Crippen LogP contribution is 2.32. The molecule has 1 amide bonds. The van der Waals surface area contributed by atoms with E-state index < -0.39 is 6.04 Å². The minimum atomic E-state index is -0.521. The van der Waals surface area contributed by atoms with Gasteiger partial charge in [-0.05, 0) is 48.7 Å². The van der Waals surface area contributed by atoms with Crippen LogP contribution in [-0.2, 0) is 0 Å². The van der Waals surface area contributed by atoms with E-state index in [0.717, 1.165) is 16.7 Å². The molecular weight excluding hydrogens is 326 g/mol. The molecule has 4 rings (SSSR count). The molecule has 1 aliphatic rings. The minimum absolute atomic E-state index is 0.0983. The van der Waals surface area contributed by atoms with Crippen LogP contribution in [0.25, 0.3) is 11.0 Å². The molecule has 0 saturated carbocycles. The van der Waals surface area contributed by atoms with Crippen molar-refractivity contribution in [1.29, 1.82) is 0 Å². The van der Waals surface area contributed by atoms with E-state index in [2.05, 4.69) is 5.32 Å². The first-order valence-electron chi connectivity index (χ1n) is 7.60. The van der Waals surface area contributed by atoms with E-state index in [9.17, 15) is 9.59 Å². The molecule has 24 heavy (non-hydrogen) atoms. The molecule has 1 N–H and O–H groups in total. The first-order chi connectivity index (χ1) is 11.5. The molecule has 1 unspecified atom stereocenters. The molecule has 0 aliphatic carbocycles. The molecule has 0 saturated heterocycles. The number of halogens is 1. The average Bonchev–Trinajstić information content (AvgIpc) is 2.90. The standard InChI is InChI=1S/C19H14ClNO3/c1-9-3-8-13-16(22)14-15(11-4-6-12(20)7-5-11)21-19(23)18(14)24-17(13)10(9)2/h3-8,15H,1-2H3,(H,21,23). The first kappa shape index (κ1) is 15.0. The summed E-state index contributed by atoms with van der Waals surface area (Å²) in [5.41, 5.74) is 3.34. The summed E-state index contributed by atoms with van der Waals surface area (Å²) in [5, 5.41) is 3.92. The fourth-order valence-corrected chi connectivity index (χ4v) is 3.24. The smallest absolute Gasteiger partial charge is 0.288 e. The van der Waals surface area contributed by atoms with E-state index in [4.69, 9.17) is 16.0 Å². The van der Waals surface area contributed by atoms with E-state index in [0.29, 0.717) is 21.6 Å². The predicted molar refractivity (Wildman–Crippen MR) is 92.7 cm³/mol. The number of rotatable bonds is 1. The minimum Gasteiger partial charge on any atom is -0.450 e. The van der Waals surface area contributed by atoms with Gasteiger partial charge in [-0.1, -0.05) is 29.8 Å². The van der Waals surface area contributed by atoms with Gasteiger partial charge in [0.1, 0.15) is 5.58 Å². The fourth-order valence-electron chi connectivity index (χ4n) is 3.11. The van der Waals surface area contributed by atoms with Crippen LogP contribution in [-0.4, -0.2) is 5.91 Å². The third kappa shape index (κ3) is 2.07. The van der Waals surface area contributed by atoms with E-state index in [-0.39, 0.29) is 17.1 Å². The van der Waals surface area contributed by atoms with Crippen LogP contribution in [0.1, 0.15) is 38.9 Å².